The van der Waals surface area contributed by atoms with Gasteiger partial charge in [0.15, 0.2) is 5.82 Å². The molecule has 1 amide bonds. The predicted octanol–water partition coefficient (Wildman–Crippen LogP) is -0.132. The first kappa shape index (κ1) is 16.4. The maximum Gasteiger partial charge on any atom is 0.229 e. The summed E-state index contributed by atoms with van der Waals surface area (Å²) in [7, 11) is 3.66. The maximum absolute atomic E-state index is 12.3. The minimum absolute atomic E-state index is 0.0428. The summed E-state index contributed by atoms with van der Waals surface area (Å²) in [6.07, 6.45) is 2.00. The third kappa shape index (κ3) is 4.27. The molecule has 122 valence electrons. The topological polar surface area (TPSA) is 100 Å². The number of amides is 1. The van der Waals surface area contributed by atoms with Crippen LogP contribution in [0.15, 0.2) is 0 Å². The van der Waals surface area contributed by atoms with Crippen LogP contribution >= 0.6 is 0 Å². The second-order valence-electron chi connectivity index (χ2n) is 5.75. The fraction of sp³-hybridized carbons (Fsp3) is 0.714. The van der Waals surface area contributed by atoms with Gasteiger partial charge in [-0.3, -0.25) is 4.79 Å². The second-order valence-corrected chi connectivity index (χ2v) is 5.75. The van der Waals surface area contributed by atoms with Gasteiger partial charge >= 0.3 is 0 Å². The van der Waals surface area contributed by atoms with E-state index in [0.29, 0.717) is 11.8 Å². The number of rotatable bonds is 5. The van der Waals surface area contributed by atoms with Crippen molar-refractivity contribution in [2.45, 2.75) is 26.3 Å². The lowest BCUT2D eigenvalue weighted by Gasteiger charge is -2.30. The third-order valence-corrected chi connectivity index (χ3v) is 3.83. The Morgan fingerprint density at radius 1 is 1.41 bits per heavy atom. The highest BCUT2D eigenvalue weighted by Crippen LogP contribution is 2.16. The second kappa shape index (κ2) is 7.35. The van der Waals surface area contributed by atoms with Crippen LogP contribution in [-0.2, 0) is 11.3 Å². The van der Waals surface area contributed by atoms with Crippen molar-refractivity contribution in [2.75, 3.05) is 44.4 Å². The number of anilines is 2. The first-order valence-corrected chi connectivity index (χ1v) is 7.67. The summed E-state index contributed by atoms with van der Waals surface area (Å²) in [5.41, 5.74) is 5.67. The number of piperidine rings is 1. The molecule has 1 aromatic heterocycles. The molecule has 2 heterocycles. The number of nitrogens with zero attached hydrogens (tertiary/aromatic N) is 5. The Hall–Kier alpha value is -1.96. The lowest BCUT2D eigenvalue weighted by Crippen LogP contribution is -2.42. The molecule has 0 bridgehead atoms. The van der Waals surface area contributed by atoms with Gasteiger partial charge in [-0.15, -0.1) is 0 Å². The molecule has 8 nitrogen and oxygen atoms in total. The van der Waals surface area contributed by atoms with Gasteiger partial charge in [-0.25, -0.2) is 0 Å². The van der Waals surface area contributed by atoms with Crippen molar-refractivity contribution in [3.05, 3.63) is 5.82 Å². The van der Waals surface area contributed by atoms with Gasteiger partial charge < -0.3 is 20.9 Å². The molecule has 0 radical (unpaired) electrons. The molecule has 0 unspecified atom stereocenters. The van der Waals surface area contributed by atoms with E-state index in [4.69, 9.17) is 5.73 Å². The maximum atomic E-state index is 12.3. The lowest BCUT2D eigenvalue weighted by atomic mass is 9.97. The number of hydrogen-bond acceptors (Lipinski definition) is 7. The highest BCUT2D eigenvalue weighted by molar-refractivity contribution is 5.78. The summed E-state index contributed by atoms with van der Waals surface area (Å²) in [6.45, 7) is 5.28. The average Bonchev–Trinajstić information content (AvgIpc) is 2.52. The number of hydrogen-bond donors (Lipinski definition) is 2. The summed E-state index contributed by atoms with van der Waals surface area (Å²) in [5, 5.41) is 2.91. The van der Waals surface area contributed by atoms with Crippen LogP contribution < -0.4 is 16.0 Å². The quantitative estimate of drug-likeness (QED) is 0.781. The van der Waals surface area contributed by atoms with Crippen LogP contribution in [0.5, 0.6) is 0 Å². The number of aromatic nitrogens is 3. The zero-order valence-corrected chi connectivity index (χ0v) is 13.5. The van der Waals surface area contributed by atoms with Gasteiger partial charge in [0.1, 0.15) is 0 Å². The van der Waals surface area contributed by atoms with Crippen LogP contribution in [0.1, 0.15) is 25.6 Å². The molecule has 22 heavy (non-hydrogen) atoms. The van der Waals surface area contributed by atoms with Crippen molar-refractivity contribution in [3.8, 4) is 0 Å². The smallest absolute Gasteiger partial charge is 0.229 e. The molecule has 0 aliphatic carbocycles. The van der Waals surface area contributed by atoms with Crippen molar-refractivity contribution in [1.29, 1.82) is 0 Å². The largest absolute Gasteiger partial charge is 0.368 e. The van der Waals surface area contributed by atoms with E-state index in [1.54, 1.807) is 4.90 Å². The number of carbonyl (C=O) groups is 1. The van der Waals surface area contributed by atoms with E-state index in [2.05, 4.69) is 32.1 Å². The normalized spacial score (nSPS) is 19.0. The first-order chi connectivity index (χ1) is 10.5. The van der Waals surface area contributed by atoms with Crippen molar-refractivity contribution in [2.24, 2.45) is 5.92 Å². The van der Waals surface area contributed by atoms with Crippen LogP contribution in [0.25, 0.3) is 0 Å². The van der Waals surface area contributed by atoms with Gasteiger partial charge in [-0.1, -0.05) is 6.92 Å². The fourth-order valence-electron chi connectivity index (χ4n) is 2.57. The van der Waals surface area contributed by atoms with Crippen molar-refractivity contribution in [3.63, 3.8) is 0 Å². The van der Waals surface area contributed by atoms with E-state index >= 15 is 0 Å². The molecule has 3 N–H and O–H groups in total. The van der Waals surface area contributed by atoms with Crippen LogP contribution in [-0.4, -0.2) is 59.5 Å². The Bertz CT molecular complexity index is 520. The van der Waals surface area contributed by atoms with Gasteiger partial charge in [-0.2, -0.15) is 15.0 Å². The van der Waals surface area contributed by atoms with Gasteiger partial charge in [0.2, 0.25) is 17.8 Å². The number of nitrogens with two attached hydrogens (primary N) is 1. The van der Waals surface area contributed by atoms with Gasteiger partial charge in [0.25, 0.3) is 0 Å². The van der Waals surface area contributed by atoms with E-state index in [-0.39, 0.29) is 24.3 Å². The molecule has 2 rings (SSSR count). The molecule has 1 aromatic rings. The Labute approximate surface area is 131 Å². The van der Waals surface area contributed by atoms with E-state index in [9.17, 15) is 4.79 Å². The summed E-state index contributed by atoms with van der Waals surface area (Å²) in [5.74, 6) is 1.24. The van der Waals surface area contributed by atoms with Crippen molar-refractivity contribution >= 4 is 17.8 Å². The Balaban J connectivity index is 1.93. The molecule has 0 aromatic carbocycles. The number of likely N-dealkylation sites (tertiary alicyclic amines) is 1. The predicted molar refractivity (Wildman–Crippen MR) is 85.3 cm³/mol. The Morgan fingerprint density at radius 2 is 2.18 bits per heavy atom. The lowest BCUT2D eigenvalue weighted by molar-refractivity contribution is -0.126. The van der Waals surface area contributed by atoms with Crippen molar-refractivity contribution < 1.29 is 4.79 Å². The van der Waals surface area contributed by atoms with Crippen molar-refractivity contribution in [1.82, 2.24) is 25.2 Å². The average molecular weight is 307 g/mol. The van der Waals surface area contributed by atoms with E-state index in [0.717, 1.165) is 32.5 Å². The zero-order chi connectivity index (χ0) is 16.1. The zero-order valence-electron chi connectivity index (χ0n) is 13.5. The molecule has 1 atom stereocenters. The van der Waals surface area contributed by atoms with E-state index in [1.165, 1.54) is 0 Å². The molecule has 1 aliphatic heterocycles. The first-order valence-electron chi connectivity index (χ1n) is 7.67. The summed E-state index contributed by atoms with van der Waals surface area (Å²) >= 11 is 0. The molecular formula is C14H25N7O. The van der Waals surface area contributed by atoms with Gasteiger partial charge in [-0.05, 0) is 25.9 Å². The number of nitrogen functional groups attached to an aromatic ring is 1. The minimum Gasteiger partial charge on any atom is -0.368 e. The highest BCUT2D eigenvalue weighted by Gasteiger charge is 2.24. The summed E-state index contributed by atoms with van der Waals surface area (Å²) in [4.78, 5) is 28.7. The van der Waals surface area contributed by atoms with E-state index < -0.39 is 0 Å². The SMILES string of the molecule is CCN1CCC[C@H](C(=O)NCc2nc(N)nc(N(C)C)n2)C1. The Kier molecular flexibility index (Phi) is 5.48. The molecule has 1 saturated heterocycles. The fourth-order valence-corrected chi connectivity index (χ4v) is 2.57. The molecule has 0 spiro atoms. The summed E-state index contributed by atoms with van der Waals surface area (Å²) < 4.78 is 0. The minimum atomic E-state index is 0.0428. The Morgan fingerprint density at radius 3 is 2.86 bits per heavy atom. The molecule has 1 fully saturated rings. The molecule has 1 aliphatic rings. The highest BCUT2D eigenvalue weighted by atomic mass is 16.1. The molecule has 8 heteroatoms. The number of carbonyl (C=O) groups excluding carboxylic acids is 1. The molecular weight excluding hydrogens is 282 g/mol. The third-order valence-electron chi connectivity index (χ3n) is 3.83. The van der Waals surface area contributed by atoms with Crippen LogP contribution in [0.3, 0.4) is 0 Å². The van der Waals surface area contributed by atoms with Crippen LogP contribution in [0, 0.1) is 5.92 Å². The van der Waals surface area contributed by atoms with Gasteiger partial charge in [0.05, 0.1) is 12.5 Å². The standard InChI is InChI=1S/C14H25N7O/c1-4-21-7-5-6-10(9-21)12(22)16-8-11-17-13(15)19-14(18-11)20(2)3/h10H,4-9H2,1-3H3,(H,16,22)(H2,15,17,18,19)/t10-/m0/s1. The summed E-state index contributed by atoms with van der Waals surface area (Å²) in [6, 6.07) is 0. The number of nitrogens with one attached hydrogen (secondary N) is 1. The van der Waals surface area contributed by atoms with E-state index in [1.807, 2.05) is 14.1 Å². The molecule has 0 saturated carbocycles. The van der Waals surface area contributed by atoms with Crippen LogP contribution in [0.2, 0.25) is 0 Å². The van der Waals surface area contributed by atoms with Gasteiger partial charge in [0, 0.05) is 20.6 Å². The van der Waals surface area contributed by atoms with Crippen LogP contribution in [0.4, 0.5) is 11.9 Å². The monoisotopic (exact) mass is 307 g/mol.